The van der Waals surface area contributed by atoms with Crippen molar-refractivity contribution in [1.29, 1.82) is 0 Å². The Morgan fingerprint density at radius 3 is 2.35 bits per heavy atom. The van der Waals surface area contributed by atoms with Gasteiger partial charge in [-0.3, -0.25) is 0 Å². The normalized spacial score (nSPS) is 19.0. The molecule has 1 atom stereocenters. The van der Waals surface area contributed by atoms with E-state index in [4.69, 9.17) is 0 Å². The van der Waals surface area contributed by atoms with Gasteiger partial charge in [-0.1, -0.05) is 13.0 Å². The maximum absolute atomic E-state index is 2.64. The molecule has 1 saturated heterocycles. The molecule has 3 heteroatoms. The van der Waals surface area contributed by atoms with Crippen molar-refractivity contribution in [2.75, 3.05) is 19.6 Å². The van der Waals surface area contributed by atoms with Crippen LogP contribution in [0.3, 0.4) is 0 Å². The standard InChI is InChI=1S/C20H27NS2/c1-15-6-4-10-21(14-15)11-5-7-18(19-16(2)8-12-22-19)20-17(3)9-13-23-20/h7-9,12-13,15H,4-6,10-11,14H2,1-3H3/t15-/m1/s1. The van der Waals surface area contributed by atoms with E-state index in [1.54, 1.807) is 0 Å². The minimum atomic E-state index is 0.867. The van der Waals surface area contributed by atoms with Crippen LogP contribution in [0.1, 0.15) is 47.1 Å². The molecule has 1 aliphatic heterocycles. The Balaban J connectivity index is 1.76. The Kier molecular flexibility index (Phi) is 5.73. The first-order valence-corrected chi connectivity index (χ1v) is 10.4. The predicted molar refractivity (Wildman–Crippen MR) is 105 cm³/mol. The molecule has 23 heavy (non-hydrogen) atoms. The summed E-state index contributed by atoms with van der Waals surface area (Å²) in [6, 6.07) is 4.48. The van der Waals surface area contributed by atoms with Gasteiger partial charge in [0.25, 0.3) is 0 Å². The van der Waals surface area contributed by atoms with Gasteiger partial charge in [-0.2, -0.15) is 0 Å². The molecule has 0 aliphatic carbocycles. The van der Waals surface area contributed by atoms with Crippen molar-refractivity contribution in [2.45, 2.75) is 40.0 Å². The van der Waals surface area contributed by atoms with E-state index in [1.807, 2.05) is 22.7 Å². The first kappa shape index (κ1) is 16.9. The second-order valence-corrected chi connectivity index (χ2v) is 8.65. The summed E-state index contributed by atoms with van der Waals surface area (Å²) >= 11 is 3.75. The summed E-state index contributed by atoms with van der Waals surface area (Å²) < 4.78 is 0. The summed E-state index contributed by atoms with van der Waals surface area (Å²) in [6.45, 7) is 10.6. The maximum atomic E-state index is 2.64. The lowest BCUT2D eigenvalue weighted by Crippen LogP contribution is -2.34. The Bertz CT molecular complexity index is 622. The first-order valence-electron chi connectivity index (χ1n) is 8.66. The van der Waals surface area contributed by atoms with Crippen LogP contribution in [0.5, 0.6) is 0 Å². The molecule has 1 fully saturated rings. The quantitative estimate of drug-likeness (QED) is 0.644. The summed E-state index contributed by atoms with van der Waals surface area (Å²) in [4.78, 5) is 5.54. The number of hydrogen-bond donors (Lipinski definition) is 0. The van der Waals surface area contributed by atoms with Gasteiger partial charge in [0.15, 0.2) is 0 Å². The maximum Gasteiger partial charge on any atom is 0.0382 e. The third-order valence-electron chi connectivity index (χ3n) is 4.75. The number of likely N-dealkylation sites (tertiary alicyclic amines) is 1. The fraction of sp³-hybridized carbons (Fsp3) is 0.500. The van der Waals surface area contributed by atoms with Crippen LogP contribution < -0.4 is 0 Å². The summed E-state index contributed by atoms with van der Waals surface area (Å²) in [5.74, 6) is 0.867. The van der Waals surface area contributed by atoms with Gasteiger partial charge in [0.05, 0.1) is 0 Å². The van der Waals surface area contributed by atoms with E-state index in [0.29, 0.717) is 0 Å². The van der Waals surface area contributed by atoms with Crippen molar-refractivity contribution in [1.82, 2.24) is 4.90 Å². The first-order chi connectivity index (χ1) is 11.1. The molecular formula is C20H27NS2. The molecule has 3 heterocycles. The van der Waals surface area contributed by atoms with Crippen LogP contribution in [0, 0.1) is 19.8 Å². The molecule has 124 valence electrons. The zero-order valence-electron chi connectivity index (χ0n) is 14.5. The van der Waals surface area contributed by atoms with Gasteiger partial charge in [0.1, 0.15) is 0 Å². The third kappa shape index (κ3) is 4.14. The topological polar surface area (TPSA) is 3.24 Å². The predicted octanol–water partition coefficient (Wildman–Crippen LogP) is 5.98. The zero-order valence-corrected chi connectivity index (χ0v) is 16.1. The van der Waals surface area contributed by atoms with Crippen LogP contribution in [0.4, 0.5) is 0 Å². The molecule has 3 rings (SSSR count). The molecule has 0 bridgehead atoms. The van der Waals surface area contributed by atoms with Crippen molar-refractivity contribution >= 4 is 28.2 Å². The number of hydrogen-bond acceptors (Lipinski definition) is 3. The van der Waals surface area contributed by atoms with E-state index in [0.717, 1.165) is 12.3 Å². The van der Waals surface area contributed by atoms with E-state index >= 15 is 0 Å². The summed E-state index contributed by atoms with van der Waals surface area (Å²) in [5, 5.41) is 4.43. The van der Waals surface area contributed by atoms with E-state index < -0.39 is 0 Å². The highest BCUT2D eigenvalue weighted by molar-refractivity contribution is 7.14. The molecule has 1 nitrogen and oxygen atoms in total. The van der Waals surface area contributed by atoms with E-state index in [2.05, 4.69) is 54.6 Å². The van der Waals surface area contributed by atoms with Crippen LogP contribution in [0.2, 0.25) is 0 Å². The lowest BCUT2D eigenvalue weighted by Gasteiger charge is -2.30. The average molecular weight is 346 g/mol. The van der Waals surface area contributed by atoms with Crippen LogP contribution >= 0.6 is 22.7 Å². The molecule has 0 radical (unpaired) electrons. The van der Waals surface area contributed by atoms with Crippen molar-refractivity contribution in [3.05, 3.63) is 49.9 Å². The van der Waals surface area contributed by atoms with Crippen LogP contribution in [0.25, 0.3) is 5.57 Å². The van der Waals surface area contributed by atoms with Gasteiger partial charge in [0, 0.05) is 28.4 Å². The molecular weight excluding hydrogens is 318 g/mol. The number of aryl methyl sites for hydroxylation is 2. The number of nitrogens with zero attached hydrogens (tertiary/aromatic N) is 1. The monoisotopic (exact) mass is 345 g/mol. The Labute approximate surface area is 148 Å². The Morgan fingerprint density at radius 1 is 1.17 bits per heavy atom. The summed E-state index contributed by atoms with van der Waals surface area (Å²) in [5.41, 5.74) is 4.26. The van der Waals surface area contributed by atoms with Crippen molar-refractivity contribution < 1.29 is 0 Å². The van der Waals surface area contributed by atoms with Crippen LogP contribution in [-0.2, 0) is 0 Å². The van der Waals surface area contributed by atoms with Crippen LogP contribution in [0.15, 0.2) is 29.0 Å². The van der Waals surface area contributed by atoms with Crippen molar-refractivity contribution in [3.63, 3.8) is 0 Å². The zero-order chi connectivity index (χ0) is 16.2. The molecule has 0 saturated carbocycles. The lowest BCUT2D eigenvalue weighted by atomic mass is 10.00. The van der Waals surface area contributed by atoms with Gasteiger partial charge < -0.3 is 4.90 Å². The molecule has 1 aliphatic rings. The molecule has 0 unspecified atom stereocenters. The largest absolute Gasteiger partial charge is 0.303 e. The van der Waals surface area contributed by atoms with E-state index in [-0.39, 0.29) is 0 Å². The molecule has 2 aromatic heterocycles. The molecule has 2 aromatic rings. The van der Waals surface area contributed by atoms with Gasteiger partial charge >= 0.3 is 0 Å². The molecule has 0 aromatic carbocycles. The number of thiophene rings is 2. The minimum Gasteiger partial charge on any atom is -0.303 e. The minimum absolute atomic E-state index is 0.867. The fourth-order valence-electron chi connectivity index (χ4n) is 3.47. The van der Waals surface area contributed by atoms with E-state index in [9.17, 15) is 0 Å². The fourth-order valence-corrected chi connectivity index (χ4v) is 5.48. The number of piperidine rings is 1. The molecule has 0 N–H and O–H groups in total. The lowest BCUT2D eigenvalue weighted by molar-refractivity contribution is 0.187. The van der Waals surface area contributed by atoms with E-state index in [1.165, 1.54) is 58.9 Å². The van der Waals surface area contributed by atoms with Crippen molar-refractivity contribution in [2.24, 2.45) is 5.92 Å². The van der Waals surface area contributed by atoms with Crippen molar-refractivity contribution in [3.8, 4) is 0 Å². The van der Waals surface area contributed by atoms with Gasteiger partial charge in [-0.05, 0) is 79.6 Å². The highest BCUT2D eigenvalue weighted by atomic mass is 32.1. The average Bonchev–Trinajstić information content (AvgIpc) is 3.13. The highest BCUT2D eigenvalue weighted by Crippen LogP contribution is 2.35. The second-order valence-electron chi connectivity index (χ2n) is 6.82. The van der Waals surface area contributed by atoms with Crippen LogP contribution in [-0.4, -0.2) is 24.5 Å². The Morgan fingerprint density at radius 2 is 1.83 bits per heavy atom. The smallest absolute Gasteiger partial charge is 0.0382 e. The third-order valence-corrected chi connectivity index (χ3v) is 6.85. The Hall–Kier alpha value is -0.900. The highest BCUT2D eigenvalue weighted by Gasteiger charge is 2.16. The van der Waals surface area contributed by atoms with Gasteiger partial charge in [0.2, 0.25) is 0 Å². The summed E-state index contributed by atoms with van der Waals surface area (Å²) in [6.07, 6.45) is 6.40. The molecule has 0 amide bonds. The van der Waals surface area contributed by atoms with Gasteiger partial charge in [-0.15, -0.1) is 22.7 Å². The number of rotatable bonds is 5. The SMILES string of the molecule is Cc1ccsc1C(=CCCN1CCC[C@@H](C)C1)c1sccc1C. The molecule has 0 spiro atoms. The second kappa shape index (κ2) is 7.78. The van der Waals surface area contributed by atoms with Gasteiger partial charge in [-0.25, -0.2) is 0 Å². The summed E-state index contributed by atoms with van der Waals surface area (Å²) in [7, 11) is 0.